The van der Waals surface area contributed by atoms with Crippen LogP contribution in [0.25, 0.3) is 0 Å². The SMILES string of the molecule is COc1cc2c(cc1OC)[C@H](NC(=O)c1ccc(Cn3cnnn3)cc1)CC2. The monoisotopic (exact) mass is 379 g/mol. The number of fused-ring (bicyclic) bond motifs is 1. The second kappa shape index (κ2) is 7.67. The minimum Gasteiger partial charge on any atom is -0.493 e. The summed E-state index contributed by atoms with van der Waals surface area (Å²) in [5.41, 5.74) is 3.90. The van der Waals surface area contributed by atoms with Crippen LogP contribution in [0.1, 0.15) is 39.5 Å². The number of aromatic nitrogens is 4. The van der Waals surface area contributed by atoms with Crippen molar-refractivity contribution in [3.63, 3.8) is 0 Å². The summed E-state index contributed by atoms with van der Waals surface area (Å²) >= 11 is 0. The quantitative estimate of drug-likeness (QED) is 0.706. The Morgan fingerprint density at radius 1 is 1.18 bits per heavy atom. The van der Waals surface area contributed by atoms with Gasteiger partial charge in [0.05, 0.1) is 26.8 Å². The Hall–Kier alpha value is -3.42. The van der Waals surface area contributed by atoms with Crippen molar-refractivity contribution >= 4 is 5.91 Å². The van der Waals surface area contributed by atoms with Gasteiger partial charge in [-0.2, -0.15) is 0 Å². The van der Waals surface area contributed by atoms with Crippen molar-refractivity contribution in [2.75, 3.05) is 14.2 Å². The lowest BCUT2D eigenvalue weighted by atomic mass is 10.1. The molecule has 2 aromatic carbocycles. The molecule has 0 radical (unpaired) electrons. The largest absolute Gasteiger partial charge is 0.493 e. The summed E-state index contributed by atoms with van der Waals surface area (Å²) in [6.45, 7) is 0.562. The molecule has 0 aliphatic heterocycles. The van der Waals surface area contributed by atoms with E-state index in [-0.39, 0.29) is 11.9 Å². The minimum absolute atomic E-state index is 0.0387. The van der Waals surface area contributed by atoms with Crippen molar-refractivity contribution in [1.82, 2.24) is 25.5 Å². The van der Waals surface area contributed by atoms with Crippen LogP contribution >= 0.6 is 0 Å². The van der Waals surface area contributed by atoms with Crippen molar-refractivity contribution in [3.05, 3.63) is 65.0 Å². The van der Waals surface area contributed by atoms with Crippen molar-refractivity contribution in [2.45, 2.75) is 25.4 Å². The molecule has 1 aliphatic rings. The summed E-state index contributed by atoms with van der Waals surface area (Å²) in [6, 6.07) is 11.4. The maximum atomic E-state index is 12.7. The predicted octanol–water partition coefficient (Wildman–Crippen LogP) is 2.16. The molecule has 28 heavy (non-hydrogen) atoms. The van der Waals surface area contributed by atoms with Gasteiger partial charge in [-0.3, -0.25) is 4.79 Å². The van der Waals surface area contributed by atoms with Crippen LogP contribution in [-0.2, 0) is 13.0 Å². The number of nitrogens with one attached hydrogen (secondary N) is 1. The molecule has 0 bridgehead atoms. The molecule has 1 aliphatic carbocycles. The number of hydrogen-bond acceptors (Lipinski definition) is 6. The van der Waals surface area contributed by atoms with Gasteiger partial charge in [-0.1, -0.05) is 12.1 Å². The first-order valence-electron chi connectivity index (χ1n) is 9.03. The van der Waals surface area contributed by atoms with E-state index in [0.29, 0.717) is 23.6 Å². The Balaban J connectivity index is 1.46. The molecular weight excluding hydrogens is 358 g/mol. The first kappa shape index (κ1) is 18.0. The molecule has 3 aromatic rings. The van der Waals surface area contributed by atoms with E-state index in [2.05, 4.69) is 20.8 Å². The van der Waals surface area contributed by atoms with Crippen LogP contribution in [0.15, 0.2) is 42.7 Å². The third-order valence-corrected chi connectivity index (χ3v) is 4.98. The van der Waals surface area contributed by atoms with Crippen molar-refractivity contribution in [1.29, 1.82) is 0 Å². The van der Waals surface area contributed by atoms with Crippen LogP contribution in [0.3, 0.4) is 0 Å². The number of hydrogen-bond donors (Lipinski definition) is 1. The van der Waals surface area contributed by atoms with E-state index in [1.807, 2.05) is 36.4 Å². The van der Waals surface area contributed by atoms with Gasteiger partial charge in [0, 0.05) is 5.56 Å². The molecule has 1 aromatic heterocycles. The van der Waals surface area contributed by atoms with Gasteiger partial charge in [-0.05, 0) is 64.2 Å². The number of methoxy groups -OCH3 is 2. The fraction of sp³-hybridized carbons (Fsp3) is 0.300. The number of benzene rings is 2. The Morgan fingerprint density at radius 2 is 1.93 bits per heavy atom. The lowest BCUT2D eigenvalue weighted by Gasteiger charge is -2.16. The lowest BCUT2D eigenvalue weighted by molar-refractivity contribution is 0.0936. The van der Waals surface area contributed by atoms with E-state index >= 15 is 0 Å². The fourth-order valence-corrected chi connectivity index (χ4v) is 3.53. The zero-order valence-corrected chi connectivity index (χ0v) is 15.8. The van der Waals surface area contributed by atoms with Gasteiger partial charge in [0.2, 0.25) is 0 Å². The zero-order chi connectivity index (χ0) is 19.5. The molecule has 0 saturated heterocycles. The lowest BCUT2D eigenvalue weighted by Crippen LogP contribution is -2.27. The van der Waals surface area contributed by atoms with Gasteiger partial charge in [-0.25, -0.2) is 4.68 Å². The van der Waals surface area contributed by atoms with E-state index < -0.39 is 0 Å². The highest BCUT2D eigenvalue weighted by molar-refractivity contribution is 5.94. The first-order valence-corrected chi connectivity index (χ1v) is 9.03. The van der Waals surface area contributed by atoms with Gasteiger partial charge >= 0.3 is 0 Å². The number of carbonyl (C=O) groups excluding carboxylic acids is 1. The fourth-order valence-electron chi connectivity index (χ4n) is 3.53. The van der Waals surface area contributed by atoms with Crippen LogP contribution in [-0.4, -0.2) is 40.3 Å². The van der Waals surface area contributed by atoms with Crippen LogP contribution in [0.2, 0.25) is 0 Å². The number of aryl methyl sites for hydroxylation is 1. The van der Waals surface area contributed by atoms with E-state index in [1.54, 1.807) is 25.2 Å². The van der Waals surface area contributed by atoms with Gasteiger partial charge < -0.3 is 14.8 Å². The Labute approximate surface area is 162 Å². The summed E-state index contributed by atoms with van der Waals surface area (Å²) in [5.74, 6) is 1.29. The maximum absolute atomic E-state index is 12.7. The molecule has 144 valence electrons. The smallest absolute Gasteiger partial charge is 0.251 e. The summed E-state index contributed by atoms with van der Waals surface area (Å²) in [5, 5.41) is 14.2. The Kier molecular flexibility index (Phi) is 4.92. The summed E-state index contributed by atoms with van der Waals surface area (Å²) in [6.07, 6.45) is 3.31. The third-order valence-electron chi connectivity index (χ3n) is 4.98. The third kappa shape index (κ3) is 3.53. The van der Waals surface area contributed by atoms with E-state index in [9.17, 15) is 4.79 Å². The van der Waals surface area contributed by atoms with Crippen LogP contribution < -0.4 is 14.8 Å². The highest BCUT2D eigenvalue weighted by atomic mass is 16.5. The van der Waals surface area contributed by atoms with E-state index in [0.717, 1.165) is 24.0 Å². The standard InChI is InChI=1S/C20H21N5O3/c1-27-18-9-15-7-8-17(16(15)10-19(18)28-2)22-20(26)14-5-3-13(4-6-14)11-25-12-21-23-24-25/h3-6,9-10,12,17H,7-8,11H2,1-2H3,(H,22,26)/t17-/m1/s1. The van der Waals surface area contributed by atoms with Gasteiger partial charge in [0.1, 0.15) is 6.33 Å². The van der Waals surface area contributed by atoms with Crippen molar-refractivity contribution in [3.8, 4) is 11.5 Å². The Bertz CT molecular complexity index is 970. The number of tetrazole rings is 1. The molecule has 1 heterocycles. The molecule has 1 atom stereocenters. The van der Waals surface area contributed by atoms with Gasteiger partial charge in [-0.15, -0.1) is 5.10 Å². The number of nitrogens with zero attached hydrogens (tertiary/aromatic N) is 4. The summed E-state index contributed by atoms with van der Waals surface area (Å²) in [7, 11) is 3.24. The van der Waals surface area contributed by atoms with Crippen LogP contribution in [0, 0.1) is 0 Å². The molecule has 1 N–H and O–H groups in total. The number of carbonyl (C=O) groups is 1. The van der Waals surface area contributed by atoms with Crippen molar-refractivity contribution < 1.29 is 14.3 Å². The first-order chi connectivity index (χ1) is 13.7. The normalized spacial score (nSPS) is 15.1. The minimum atomic E-state index is -0.0957. The Morgan fingerprint density at radius 3 is 2.61 bits per heavy atom. The topological polar surface area (TPSA) is 91.2 Å². The average molecular weight is 379 g/mol. The number of rotatable bonds is 6. The number of amides is 1. The van der Waals surface area contributed by atoms with Crippen LogP contribution in [0.4, 0.5) is 0 Å². The zero-order valence-electron chi connectivity index (χ0n) is 15.8. The molecule has 0 fully saturated rings. The van der Waals surface area contributed by atoms with Crippen molar-refractivity contribution in [2.24, 2.45) is 0 Å². The second-order valence-corrected chi connectivity index (χ2v) is 6.68. The van der Waals surface area contributed by atoms with Crippen LogP contribution in [0.5, 0.6) is 11.5 Å². The molecule has 8 heteroatoms. The summed E-state index contributed by atoms with van der Waals surface area (Å²) in [4.78, 5) is 12.7. The second-order valence-electron chi connectivity index (χ2n) is 6.68. The average Bonchev–Trinajstić information content (AvgIpc) is 3.37. The molecule has 0 unspecified atom stereocenters. The molecule has 0 spiro atoms. The molecule has 4 rings (SSSR count). The molecule has 8 nitrogen and oxygen atoms in total. The highest BCUT2D eigenvalue weighted by Crippen LogP contribution is 2.39. The summed E-state index contributed by atoms with van der Waals surface area (Å²) < 4.78 is 12.4. The maximum Gasteiger partial charge on any atom is 0.251 e. The molecular formula is C20H21N5O3. The number of ether oxygens (including phenoxy) is 2. The molecule has 1 amide bonds. The molecule has 0 saturated carbocycles. The van der Waals surface area contributed by atoms with E-state index in [1.165, 1.54) is 5.56 Å². The van der Waals surface area contributed by atoms with E-state index in [4.69, 9.17) is 9.47 Å². The van der Waals surface area contributed by atoms with Gasteiger partial charge in [0.15, 0.2) is 11.5 Å². The predicted molar refractivity (Wildman–Crippen MR) is 101 cm³/mol. The highest BCUT2D eigenvalue weighted by Gasteiger charge is 2.26. The van der Waals surface area contributed by atoms with Gasteiger partial charge in [0.25, 0.3) is 5.91 Å².